The molecule has 0 saturated carbocycles. The Balaban J connectivity index is 3.07. The fourth-order valence-electron chi connectivity index (χ4n) is 1.08. The highest BCUT2D eigenvalue weighted by atomic mass is 16.5. The molecular weight excluding hydrogens is 144 g/mol. The van der Waals surface area contributed by atoms with Crippen molar-refractivity contribution in [2.24, 2.45) is 0 Å². The van der Waals surface area contributed by atoms with Gasteiger partial charge in [-0.15, -0.1) is 0 Å². The van der Waals surface area contributed by atoms with Gasteiger partial charge in [0.2, 0.25) is 0 Å². The van der Waals surface area contributed by atoms with Gasteiger partial charge in [-0.05, 0) is 19.4 Å². The van der Waals surface area contributed by atoms with Crippen LogP contribution in [0.15, 0.2) is 6.20 Å². The van der Waals surface area contributed by atoms with E-state index < -0.39 is 6.29 Å². The Labute approximate surface area is 65.1 Å². The van der Waals surface area contributed by atoms with Crippen LogP contribution in [0.25, 0.3) is 0 Å². The molecule has 0 aliphatic rings. The number of rotatable bonds is 2. The van der Waals surface area contributed by atoms with E-state index in [0.29, 0.717) is 12.2 Å². The Morgan fingerprint density at radius 3 is 2.64 bits per heavy atom. The minimum atomic E-state index is -1.42. The van der Waals surface area contributed by atoms with Gasteiger partial charge in [0.15, 0.2) is 6.29 Å². The molecule has 1 aromatic heterocycles. The van der Waals surface area contributed by atoms with Crippen LogP contribution in [0.5, 0.6) is 0 Å². The topological polar surface area (TPSA) is 58.3 Å². The Morgan fingerprint density at radius 2 is 2.27 bits per heavy atom. The Morgan fingerprint density at radius 1 is 1.64 bits per heavy atom. The van der Waals surface area contributed by atoms with Gasteiger partial charge in [0, 0.05) is 6.54 Å². The van der Waals surface area contributed by atoms with Gasteiger partial charge < -0.3 is 10.2 Å². The first kappa shape index (κ1) is 8.23. The second-order valence-electron chi connectivity index (χ2n) is 2.40. The fourth-order valence-corrected chi connectivity index (χ4v) is 1.08. The van der Waals surface area contributed by atoms with Gasteiger partial charge in [0.1, 0.15) is 0 Å². The standard InChI is InChI=1S/C7H12N2O2/c1-3-9-6(7(10)11)5(2)4-8-9/h4,7,10-11H,3H2,1-2H3. The molecule has 0 atom stereocenters. The number of aliphatic hydroxyl groups is 2. The zero-order valence-electron chi connectivity index (χ0n) is 6.65. The maximum atomic E-state index is 8.90. The third-order valence-electron chi connectivity index (χ3n) is 1.62. The van der Waals surface area contributed by atoms with Crippen molar-refractivity contribution in [2.75, 3.05) is 0 Å². The summed E-state index contributed by atoms with van der Waals surface area (Å²) in [6.45, 7) is 4.35. The van der Waals surface area contributed by atoms with Crippen LogP contribution in [0.4, 0.5) is 0 Å². The van der Waals surface area contributed by atoms with E-state index in [-0.39, 0.29) is 0 Å². The van der Waals surface area contributed by atoms with E-state index in [0.717, 1.165) is 5.56 Å². The number of nitrogens with zero attached hydrogens (tertiary/aromatic N) is 2. The molecule has 4 nitrogen and oxygen atoms in total. The third-order valence-corrected chi connectivity index (χ3v) is 1.62. The van der Waals surface area contributed by atoms with Gasteiger partial charge in [0.25, 0.3) is 0 Å². The molecule has 0 aromatic carbocycles. The summed E-state index contributed by atoms with van der Waals surface area (Å²) in [4.78, 5) is 0. The first-order valence-corrected chi connectivity index (χ1v) is 3.55. The minimum absolute atomic E-state index is 0.479. The average Bonchev–Trinajstić information content (AvgIpc) is 2.30. The van der Waals surface area contributed by atoms with Gasteiger partial charge in [-0.1, -0.05) is 0 Å². The molecule has 0 radical (unpaired) electrons. The second kappa shape index (κ2) is 3.02. The molecule has 11 heavy (non-hydrogen) atoms. The highest BCUT2D eigenvalue weighted by Gasteiger charge is 2.12. The summed E-state index contributed by atoms with van der Waals surface area (Å²) in [6.07, 6.45) is 0.204. The van der Waals surface area contributed by atoms with E-state index in [1.165, 1.54) is 0 Å². The lowest BCUT2D eigenvalue weighted by atomic mass is 10.3. The van der Waals surface area contributed by atoms with Crippen molar-refractivity contribution >= 4 is 0 Å². The highest BCUT2D eigenvalue weighted by Crippen LogP contribution is 2.13. The van der Waals surface area contributed by atoms with Crippen LogP contribution in [0.1, 0.15) is 24.5 Å². The van der Waals surface area contributed by atoms with Crippen LogP contribution >= 0.6 is 0 Å². The van der Waals surface area contributed by atoms with E-state index in [4.69, 9.17) is 10.2 Å². The zero-order valence-corrected chi connectivity index (χ0v) is 6.65. The molecule has 1 rings (SSSR count). The maximum absolute atomic E-state index is 8.90. The predicted octanol–water partition coefficient (Wildman–Crippen LogP) is 0.195. The van der Waals surface area contributed by atoms with Crippen molar-refractivity contribution < 1.29 is 10.2 Å². The van der Waals surface area contributed by atoms with Crippen LogP contribution < -0.4 is 0 Å². The summed E-state index contributed by atoms with van der Waals surface area (Å²) >= 11 is 0. The van der Waals surface area contributed by atoms with Gasteiger partial charge in [-0.2, -0.15) is 5.10 Å². The van der Waals surface area contributed by atoms with Crippen LogP contribution in [-0.4, -0.2) is 20.0 Å². The summed E-state index contributed by atoms with van der Waals surface area (Å²) < 4.78 is 1.57. The lowest BCUT2D eigenvalue weighted by molar-refractivity contribution is -0.0494. The van der Waals surface area contributed by atoms with E-state index in [9.17, 15) is 0 Å². The molecule has 0 aliphatic carbocycles. The molecule has 0 aliphatic heterocycles. The summed E-state index contributed by atoms with van der Waals surface area (Å²) in [5.41, 5.74) is 1.29. The second-order valence-corrected chi connectivity index (χ2v) is 2.40. The largest absolute Gasteiger partial charge is 0.363 e. The van der Waals surface area contributed by atoms with Gasteiger partial charge in [-0.3, -0.25) is 4.68 Å². The van der Waals surface area contributed by atoms with Crippen molar-refractivity contribution in [3.8, 4) is 0 Å². The van der Waals surface area contributed by atoms with Gasteiger partial charge in [-0.25, -0.2) is 0 Å². The van der Waals surface area contributed by atoms with Gasteiger partial charge >= 0.3 is 0 Å². The number of aromatic nitrogens is 2. The zero-order chi connectivity index (χ0) is 8.43. The number of hydrogen-bond acceptors (Lipinski definition) is 3. The fraction of sp³-hybridized carbons (Fsp3) is 0.571. The minimum Gasteiger partial charge on any atom is -0.363 e. The number of hydrogen-bond donors (Lipinski definition) is 2. The lowest BCUT2D eigenvalue weighted by Gasteiger charge is -2.06. The molecular formula is C7H12N2O2. The van der Waals surface area contributed by atoms with Crippen molar-refractivity contribution in [2.45, 2.75) is 26.7 Å². The van der Waals surface area contributed by atoms with E-state index in [2.05, 4.69) is 5.10 Å². The molecule has 0 spiro atoms. The lowest BCUT2D eigenvalue weighted by Crippen LogP contribution is -2.08. The molecule has 0 amide bonds. The smallest absolute Gasteiger partial charge is 0.196 e. The Bertz CT molecular complexity index is 243. The first-order chi connectivity index (χ1) is 5.16. The molecule has 0 bridgehead atoms. The third kappa shape index (κ3) is 1.41. The van der Waals surface area contributed by atoms with Crippen molar-refractivity contribution in [3.63, 3.8) is 0 Å². The van der Waals surface area contributed by atoms with Crippen molar-refractivity contribution in [3.05, 3.63) is 17.5 Å². The van der Waals surface area contributed by atoms with Crippen LogP contribution in [-0.2, 0) is 6.54 Å². The van der Waals surface area contributed by atoms with Crippen LogP contribution in [0.3, 0.4) is 0 Å². The summed E-state index contributed by atoms with van der Waals surface area (Å²) in [6, 6.07) is 0. The molecule has 1 aromatic rings. The maximum Gasteiger partial charge on any atom is 0.196 e. The highest BCUT2D eigenvalue weighted by molar-refractivity contribution is 5.16. The Hall–Kier alpha value is -0.870. The average molecular weight is 156 g/mol. The van der Waals surface area contributed by atoms with Crippen LogP contribution in [0.2, 0.25) is 0 Å². The normalized spacial score (nSPS) is 11.0. The van der Waals surface area contributed by atoms with E-state index >= 15 is 0 Å². The molecule has 0 fully saturated rings. The van der Waals surface area contributed by atoms with E-state index in [1.807, 2.05) is 6.92 Å². The molecule has 62 valence electrons. The molecule has 4 heteroatoms. The number of aliphatic hydroxyl groups excluding tert-OH is 1. The van der Waals surface area contributed by atoms with Crippen molar-refractivity contribution in [1.29, 1.82) is 0 Å². The van der Waals surface area contributed by atoms with Gasteiger partial charge in [0.05, 0.1) is 11.9 Å². The summed E-state index contributed by atoms with van der Waals surface area (Å²) in [5, 5.41) is 21.8. The SMILES string of the molecule is CCn1ncc(C)c1C(O)O. The quantitative estimate of drug-likeness (QED) is 0.601. The van der Waals surface area contributed by atoms with Crippen molar-refractivity contribution in [1.82, 2.24) is 9.78 Å². The molecule has 0 saturated heterocycles. The molecule has 1 heterocycles. The first-order valence-electron chi connectivity index (χ1n) is 3.55. The van der Waals surface area contributed by atoms with Crippen LogP contribution in [0, 0.1) is 6.92 Å². The monoisotopic (exact) mass is 156 g/mol. The predicted molar refractivity (Wildman–Crippen MR) is 39.8 cm³/mol. The van der Waals surface area contributed by atoms with E-state index in [1.54, 1.807) is 17.8 Å². The summed E-state index contributed by atoms with van der Waals surface area (Å²) in [7, 11) is 0. The molecule has 2 N–H and O–H groups in total. The summed E-state index contributed by atoms with van der Waals surface area (Å²) in [5.74, 6) is 0. The number of aryl methyl sites for hydroxylation is 2. The Kier molecular flexibility index (Phi) is 2.26. The molecule has 0 unspecified atom stereocenters.